The molecular weight excluding hydrogens is 136 g/mol. The predicted molar refractivity (Wildman–Crippen MR) is 47.4 cm³/mol. The molecule has 0 saturated carbocycles. The fourth-order valence-electron chi connectivity index (χ4n) is 1.50. The van der Waals surface area contributed by atoms with Crippen molar-refractivity contribution in [1.29, 1.82) is 0 Å². The van der Waals surface area contributed by atoms with Crippen LogP contribution in [0.25, 0.3) is 0 Å². The molecule has 0 saturated heterocycles. The zero-order valence-electron chi connectivity index (χ0n) is 7.72. The third kappa shape index (κ3) is 2.33. The van der Waals surface area contributed by atoms with Gasteiger partial charge in [-0.25, -0.2) is 0 Å². The SMILES string of the molecule is CC(C)(C)C1=CCCC(O)C1. The van der Waals surface area contributed by atoms with Gasteiger partial charge in [-0.15, -0.1) is 0 Å². The molecule has 1 heteroatoms. The Morgan fingerprint density at radius 3 is 2.45 bits per heavy atom. The van der Waals surface area contributed by atoms with Crippen LogP contribution < -0.4 is 0 Å². The van der Waals surface area contributed by atoms with E-state index >= 15 is 0 Å². The highest BCUT2D eigenvalue weighted by Crippen LogP contribution is 2.32. The van der Waals surface area contributed by atoms with Gasteiger partial charge in [0.15, 0.2) is 0 Å². The van der Waals surface area contributed by atoms with E-state index < -0.39 is 0 Å². The quantitative estimate of drug-likeness (QED) is 0.531. The van der Waals surface area contributed by atoms with Crippen molar-refractivity contribution in [3.63, 3.8) is 0 Å². The molecule has 0 spiro atoms. The monoisotopic (exact) mass is 154 g/mol. The Balaban J connectivity index is 2.65. The van der Waals surface area contributed by atoms with Crippen LogP contribution in [0.15, 0.2) is 11.6 Å². The zero-order chi connectivity index (χ0) is 8.48. The van der Waals surface area contributed by atoms with Crippen molar-refractivity contribution < 1.29 is 5.11 Å². The van der Waals surface area contributed by atoms with E-state index in [1.807, 2.05) is 0 Å². The smallest absolute Gasteiger partial charge is 0.0580 e. The van der Waals surface area contributed by atoms with Crippen molar-refractivity contribution in [2.45, 2.75) is 46.1 Å². The summed E-state index contributed by atoms with van der Waals surface area (Å²) in [6.07, 6.45) is 5.07. The highest BCUT2D eigenvalue weighted by atomic mass is 16.3. The Morgan fingerprint density at radius 2 is 2.09 bits per heavy atom. The minimum atomic E-state index is -0.0887. The number of rotatable bonds is 0. The van der Waals surface area contributed by atoms with Crippen LogP contribution >= 0.6 is 0 Å². The summed E-state index contributed by atoms with van der Waals surface area (Å²) in [6.45, 7) is 6.62. The molecule has 11 heavy (non-hydrogen) atoms. The summed E-state index contributed by atoms with van der Waals surface area (Å²) < 4.78 is 0. The molecule has 1 aliphatic rings. The van der Waals surface area contributed by atoms with Crippen molar-refractivity contribution in [1.82, 2.24) is 0 Å². The van der Waals surface area contributed by atoms with Crippen molar-refractivity contribution in [3.8, 4) is 0 Å². The zero-order valence-corrected chi connectivity index (χ0v) is 7.72. The standard InChI is InChI=1S/C10H18O/c1-10(2,3)8-5-4-6-9(11)7-8/h5,9,11H,4,6-7H2,1-3H3. The van der Waals surface area contributed by atoms with Crippen molar-refractivity contribution in [2.24, 2.45) is 5.41 Å². The van der Waals surface area contributed by atoms with Crippen LogP contribution in [0, 0.1) is 5.41 Å². The number of aliphatic hydroxyl groups excluding tert-OH is 1. The van der Waals surface area contributed by atoms with E-state index in [1.165, 1.54) is 5.57 Å². The molecule has 0 aromatic rings. The predicted octanol–water partition coefficient (Wildman–Crippen LogP) is 2.50. The Bertz CT molecular complexity index is 162. The number of allylic oxidation sites excluding steroid dienone is 1. The molecule has 0 aliphatic heterocycles. The van der Waals surface area contributed by atoms with Crippen molar-refractivity contribution >= 4 is 0 Å². The fourth-order valence-corrected chi connectivity index (χ4v) is 1.50. The topological polar surface area (TPSA) is 20.2 Å². The van der Waals surface area contributed by atoms with E-state index in [2.05, 4.69) is 26.8 Å². The molecule has 0 amide bonds. The molecule has 0 aromatic heterocycles. The third-order valence-corrected chi connectivity index (χ3v) is 2.31. The molecule has 0 aromatic carbocycles. The van der Waals surface area contributed by atoms with Gasteiger partial charge in [0.25, 0.3) is 0 Å². The summed E-state index contributed by atoms with van der Waals surface area (Å²) >= 11 is 0. The number of hydrogen-bond donors (Lipinski definition) is 1. The van der Waals surface area contributed by atoms with E-state index in [-0.39, 0.29) is 11.5 Å². The maximum Gasteiger partial charge on any atom is 0.0580 e. The molecule has 1 nitrogen and oxygen atoms in total. The van der Waals surface area contributed by atoms with Gasteiger partial charge >= 0.3 is 0 Å². The summed E-state index contributed by atoms with van der Waals surface area (Å²) in [5.74, 6) is 0. The van der Waals surface area contributed by atoms with Gasteiger partial charge in [0.05, 0.1) is 6.10 Å². The lowest BCUT2D eigenvalue weighted by molar-refractivity contribution is 0.152. The lowest BCUT2D eigenvalue weighted by atomic mass is 9.79. The molecule has 0 radical (unpaired) electrons. The number of hydrogen-bond acceptors (Lipinski definition) is 1. The average molecular weight is 154 g/mol. The molecule has 1 N–H and O–H groups in total. The first-order valence-electron chi connectivity index (χ1n) is 4.38. The van der Waals surface area contributed by atoms with E-state index in [1.54, 1.807) is 0 Å². The van der Waals surface area contributed by atoms with Crippen LogP contribution in [-0.2, 0) is 0 Å². The molecular formula is C10H18O. The van der Waals surface area contributed by atoms with Crippen LogP contribution in [0.5, 0.6) is 0 Å². The van der Waals surface area contributed by atoms with Crippen molar-refractivity contribution in [2.75, 3.05) is 0 Å². The summed E-state index contributed by atoms with van der Waals surface area (Å²) in [4.78, 5) is 0. The van der Waals surface area contributed by atoms with Gasteiger partial charge in [0.2, 0.25) is 0 Å². The van der Waals surface area contributed by atoms with E-state index in [4.69, 9.17) is 0 Å². The second-order valence-corrected chi connectivity index (χ2v) is 4.41. The summed E-state index contributed by atoms with van der Waals surface area (Å²) in [5, 5.41) is 9.40. The first kappa shape index (κ1) is 8.79. The Labute approximate surface area is 69.1 Å². The van der Waals surface area contributed by atoms with Gasteiger partial charge in [-0.1, -0.05) is 32.4 Å². The Kier molecular flexibility index (Phi) is 2.38. The first-order valence-corrected chi connectivity index (χ1v) is 4.38. The second-order valence-electron chi connectivity index (χ2n) is 4.41. The largest absolute Gasteiger partial charge is 0.393 e. The van der Waals surface area contributed by atoms with Gasteiger partial charge < -0.3 is 5.11 Å². The maximum absolute atomic E-state index is 9.40. The van der Waals surface area contributed by atoms with Gasteiger partial charge in [0.1, 0.15) is 0 Å². The highest BCUT2D eigenvalue weighted by molar-refractivity contribution is 5.14. The fraction of sp³-hybridized carbons (Fsp3) is 0.800. The van der Waals surface area contributed by atoms with Gasteiger partial charge in [-0.3, -0.25) is 0 Å². The van der Waals surface area contributed by atoms with Crippen LogP contribution in [0.3, 0.4) is 0 Å². The molecule has 0 fully saturated rings. The first-order chi connectivity index (χ1) is 5.00. The molecule has 0 heterocycles. The molecule has 0 bridgehead atoms. The molecule has 1 aliphatic carbocycles. The lowest BCUT2D eigenvalue weighted by Gasteiger charge is -2.28. The highest BCUT2D eigenvalue weighted by Gasteiger charge is 2.22. The van der Waals surface area contributed by atoms with Gasteiger partial charge in [-0.05, 0) is 24.7 Å². The lowest BCUT2D eigenvalue weighted by Crippen LogP contribution is -2.19. The number of aliphatic hydroxyl groups is 1. The average Bonchev–Trinajstić information content (AvgIpc) is 1.86. The third-order valence-electron chi connectivity index (χ3n) is 2.31. The molecule has 64 valence electrons. The van der Waals surface area contributed by atoms with Gasteiger partial charge in [-0.2, -0.15) is 0 Å². The van der Waals surface area contributed by atoms with E-state index in [0.717, 1.165) is 19.3 Å². The second kappa shape index (κ2) is 2.98. The van der Waals surface area contributed by atoms with Crippen LogP contribution in [0.4, 0.5) is 0 Å². The van der Waals surface area contributed by atoms with E-state index in [0.29, 0.717) is 0 Å². The molecule has 1 rings (SSSR count). The molecule has 1 atom stereocenters. The van der Waals surface area contributed by atoms with Crippen LogP contribution in [-0.4, -0.2) is 11.2 Å². The maximum atomic E-state index is 9.40. The van der Waals surface area contributed by atoms with Gasteiger partial charge in [0, 0.05) is 0 Å². The molecule has 1 unspecified atom stereocenters. The minimum Gasteiger partial charge on any atom is -0.393 e. The van der Waals surface area contributed by atoms with Crippen LogP contribution in [0.1, 0.15) is 40.0 Å². The van der Waals surface area contributed by atoms with E-state index in [9.17, 15) is 5.11 Å². The Morgan fingerprint density at radius 1 is 1.45 bits per heavy atom. The minimum absolute atomic E-state index is 0.0887. The normalized spacial score (nSPS) is 26.5. The summed E-state index contributed by atoms with van der Waals surface area (Å²) in [6, 6.07) is 0. The Hall–Kier alpha value is -0.300. The van der Waals surface area contributed by atoms with Crippen molar-refractivity contribution in [3.05, 3.63) is 11.6 Å². The van der Waals surface area contributed by atoms with Crippen LogP contribution in [0.2, 0.25) is 0 Å². The summed E-state index contributed by atoms with van der Waals surface area (Å²) in [5.41, 5.74) is 1.66. The summed E-state index contributed by atoms with van der Waals surface area (Å²) in [7, 11) is 0.